The third kappa shape index (κ3) is 4.05. The monoisotopic (exact) mass is 469 g/mol. The molecule has 3 heterocycles. The Labute approximate surface area is 191 Å². The van der Waals surface area contributed by atoms with Crippen LogP contribution in [0.1, 0.15) is 30.9 Å². The van der Waals surface area contributed by atoms with Gasteiger partial charge in [0, 0.05) is 37.0 Å². The highest BCUT2D eigenvalue weighted by molar-refractivity contribution is 8.14. The van der Waals surface area contributed by atoms with Gasteiger partial charge in [-0.05, 0) is 43.2 Å². The average Bonchev–Trinajstić information content (AvgIpc) is 3.51. The Morgan fingerprint density at radius 2 is 1.84 bits per heavy atom. The van der Waals surface area contributed by atoms with Gasteiger partial charge in [-0.3, -0.25) is 4.79 Å². The molecule has 2 aromatic carbocycles. The van der Waals surface area contributed by atoms with Crippen LogP contribution in [0.15, 0.2) is 63.5 Å². The van der Waals surface area contributed by atoms with Crippen molar-refractivity contribution in [3.05, 3.63) is 54.1 Å². The molecule has 1 amide bonds. The molecule has 3 aliphatic rings. The summed E-state index contributed by atoms with van der Waals surface area (Å²) in [5.41, 5.74) is 2.61. The molecule has 0 spiro atoms. The van der Waals surface area contributed by atoms with Crippen LogP contribution in [0.4, 0.5) is 11.4 Å². The maximum absolute atomic E-state index is 12.6. The van der Waals surface area contributed by atoms with Crippen molar-refractivity contribution in [3.63, 3.8) is 0 Å². The lowest BCUT2D eigenvalue weighted by atomic mass is 10.0. The Bertz CT molecular complexity index is 1190. The van der Waals surface area contributed by atoms with Gasteiger partial charge in [0.25, 0.3) is 0 Å². The summed E-state index contributed by atoms with van der Waals surface area (Å²) in [5.74, 6) is -0.0143. The quantitative estimate of drug-likeness (QED) is 0.722. The van der Waals surface area contributed by atoms with Crippen LogP contribution in [0.3, 0.4) is 0 Å². The summed E-state index contributed by atoms with van der Waals surface area (Å²) < 4.78 is 26.8. The fourth-order valence-electron chi connectivity index (χ4n) is 4.10. The van der Waals surface area contributed by atoms with Gasteiger partial charge in [-0.15, -0.1) is 0 Å². The summed E-state index contributed by atoms with van der Waals surface area (Å²) in [7, 11) is -3.46. The first-order valence-electron chi connectivity index (χ1n) is 10.5. The maximum atomic E-state index is 12.6. The zero-order valence-electron chi connectivity index (χ0n) is 17.3. The Morgan fingerprint density at radius 3 is 2.62 bits per heavy atom. The van der Waals surface area contributed by atoms with Crippen molar-refractivity contribution in [2.45, 2.75) is 30.2 Å². The highest BCUT2D eigenvalue weighted by Crippen LogP contribution is 2.40. The summed E-state index contributed by atoms with van der Waals surface area (Å²) in [6.45, 7) is 1.13. The van der Waals surface area contributed by atoms with Crippen molar-refractivity contribution in [3.8, 4) is 0 Å². The van der Waals surface area contributed by atoms with Gasteiger partial charge in [-0.1, -0.05) is 30.0 Å². The number of rotatable bonds is 5. The van der Waals surface area contributed by atoms with Gasteiger partial charge in [-0.25, -0.2) is 18.4 Å². The molecular formula is C22H23N5O3S2. The summed E-state index contributed by atoms with van der Waals surface area (Å²) in [6, 6.07) is 14.5. The van der Waals surface area contributed by atoms with E-state index in [9.17, 15) is 13.2 Å². The van der Waals surface area contributed by atoms with Crippen molar-refractivity contribution >= 4 is 50.4 Å². The zero-order chi connectivity index (χ0) is 22.1. The van der Waals surface area contributed by atoms with Gasteiger partial charge in [0.2, 0.25) is 15.9 Å². The number of anilines is 1. The maximum Gasteiger partial charge on any atom is 0.243 e. The molecule has 0 aliphatic carbocycles. The number of fused-ring (bicyclic) bond motifs is 3. The van der Waals surface area contributed by atoms with E-state index < -0.39 is 10.0 Å². The van der Waals surface area contributed by atoms with Crippen LogP contribution in [0.5, 0.6) is 0 Å². The number of amidine groups is 1. The first-order chi connectivity index (χ1) is 15.5. The number of nitrogens with one attached hydrogen (secondary N) is 1. The zero-order valence-corrected chi connectivity index (χ0v) is 19.0. The standard InChI is InChI=1S/C22H23N5O3S2/c28-21(24-16-7-9-17(10-8-16)32(29,30)26-13-3-4-14-26)15-31-22-25-19-6-2-1-5-18(19)20-11-12-23-27(20)22/h1-2,5-10,12,20H,3-4,11,13-15H2,(H,24,28). The van der Waals surface area contributed by atoms with Gasteiger partial charge in [-0.2, -0.15) is 9.41 Å². The number of benzene rings is 2. The molecule has 0 radical (unpaired) electrons. The first-order valence-corrected chi connectivity index (χ1v) is 13.0. The number of amides is 1. The normalized spacial score (nSPS) is 20.1. The largest absolute Gasteiger partial charge is 0.325 e. The Kier molecular flexibility index (Phi) is 5.75. The van der Waals surface area contributed by atoms with E-state index in [1.54, 1.807) is 24.3 Å². The number of carbonyl (C=O) groups is 1. The van der Waals surface area contributed by atoms with Crippen molar-refractivity contribution in [2.24, 2.45) is 10.1 Å². The molecule has 1 saturated heterocycles. The lowest BCUT2D eigenvalue weighted by molar-refractivity contribution is -0.113. The average molecular weight is 470 g/mol. The van der Waals surface area contributed by atoms with E-state index in [1.807, 2.05) is 29.4 Å². The number of para-hydroxylation sites is 1. The summed E-state index contributed by atoms with van der Waals surface area (Å²) in [6.07, 6.45) is 4.48. The third-order valence-corrected chi connectivity index (χ3v) is 8.57. The van der Waals surface area contributed by atoms with Gasteiger partial charge < -0.3 is 5.32 Å². The third-order valence-electron chi connectivity index (χ3n) is 5.71. The number of hydrogen-bond donors (Lipinski definition) is 1. The Hall–Kier alpha value is -2.69. The molecule has 1 N–H and O–H groups in total. The van der Waals surface area contributed by atoms with Crippen LogP contribution in [0, 0.1) is 0 Å². The molecule has 0 saturated carbocycles. The van der Waals surface area contributed by atoms with Crippen LogP contribution < -0.4 is 5.32 Å². The van der Waals surface area contributed by atoms with Crippen molar-refractivity contribution in [2.75, 3.05) is 24.2 Å². The second kappa shape index (κ2) is 8.68. The topological polar surface area (TPSA) is 94.4 Å². The van der Waals surface area contributed by atoms with Crippen molar-refractivity contribution < 1.29 is 13.2 Å². The number of sulfonamides is 1. The van der Waals surface area contributed by atoms with E-state index in [4.69, 9.17) is 0 Å². The van der Waals surface area contributed by atoms with E-state index in [0.717, 1.165) is 30.5 Å². The smallest absolute Gasteiger partial charge is 0.243 e. The number of nitrogens with zero attached hydrogens (tertiary/aromatic N) is 4. The molecule has 10 heteroatoms. The Morgan fingerprint density at radius 1 is 1.09 bits per heavy atom. The van der Waals surface area contributed by atoms with Crippen molar-refractivity contribution in [1.29, 1.82) is 0 Å². The van der Waals surface area contributed by atoms with Crippen LogP contribution in [0.25, 0.3) is 0 Å². The minimum absolute atomic E-state index is 0.124. The summed E-state index contributed by atoms with van der Waals surface area (Å²) >= 11 is 1.34. The van der Waals surface area contributed by atoms with E-state index in [-0.39, 0.29) is 22.6 Å². The molecule has 0 bridgehead atoms. The molecule has 166 valence electrons. The lowest BCUT2D eigenvalue weighted by Gasteiger charge is -2.29. The number of hydrazone groups is 1. The molecule has 8 nitrogen and oxygen atoms in total. The van der Waals surface area contributed by atoms with Crippen molar-refractivity contribution in [1.82, 2.24) is 9.31 Å². The number of carbonyl (C=O) groups excluding carboxylic acids is 1. The Balaban J connectivity index is 1.22. The van der Waals surface area contributed by atoms with Crippen LogP contribution in [0.2, 0.25) is 0 Å². The highest BCUT2D eigenvalue weighted by atomic mass is 32.2. The number of aliphatic imine (C=N–C) groups is 1. The molecule has 1 atom stereocenters. The summed E-state index contributed by atoms with van der Waals surface area (Å²) in [4.78, 5) is 17.4. The predicted molar refractivity (Wildman–Crippen MR) is 127 cm³/mol. The minimum atomic E-state index is -3.46. The molecule has 3 aliphatic heterocycles. The molecule has 2 aromatic rings. The van der Waals surface area contributed by atoms with E-state index in [0.29, 0.717) is 23.9 Å². The van der Waals surface area contributed by atoms with Crippen LogP contribution >= 0.6 is 11.8 Å². The molecule has 5 rings (SSSR count). The second-order valence-electron chi connectivity index (χ2n) is 7.82. The van der Waals surface area contributed by atoms with Crippen LogP contribution in [-0.2, 0) is 14.8 Å². The minimum Gasteiger partial charge on any atom is -0.325 e. The first kappa shape index (κ1) is 21.2. The lowest BCUT2D eigenvalue weighted by Crippen LogP contribution is -2.29. The van der Waals surface area contributed by atoms with Gasteiger partial charge in [0.05, 0.1) is 22.4 Å². The summed E-state index contributed by atoms with van der Waals surface area (Å²) in [5, 5.41) is 9.83. The SMILES string of the molecule is O=C(CSC1=Nc2ccccc2C2CC=NN12)Nc1ccc(S(=O)(=O)N2CCCC2)cc1. The van der Waals surface area contributed by atoms with E-state index in [2.05, 4.69) is 21.5 Å². The number of hydrogen-bond acceptors (Lipinski definition) is 7. The molecule has 1 fully saturated rings. The fourth-order valence-corrected chi connectivity index (χ4v) is 6.41. The second-order valence-corrected chi connectivity index (χ2v) is 10.7. The predicted octanol–water partition coefficient (Wildman–Crippen LogP) is 3.58. The van der Waals surface area contributed by atoms with Gasteiger partial charge in [0.1, 0.15) is 0 Å². The van der Waals surface area contributed by atoms with E-state index in [1.165, 1.54) is 16.1 Å². The van der Waals surface area contributed by atoms with Gasteiger partial charge >= 0.3 is 0 Å². The van der Waals surface area contributed by atoms with Gasteiger partial charge in [0.15, 0.2) is 5.17 Å². The van der Waals surface area contributed by atoms with E-state index >= 15 is 0 Å². The molecular weight excluding hydrogens is 446 g/mol. The fraction of sp³-hybridized carbons (Fsp3) is 0.318. The molecule has 1 unspecified atom stereocenters. The number of thioether (sulfide) groups is 1. The highest BCUT2D eigenvalue weighted by Gasteiger charge is 2.32. The molecule has 0 aromatic heterocycles. The molecule has 32 heavy (non-hydrogen) atoms. The van der Waals surface area contributed by atoms with Crippen LogP contribution in [-0.4, -0.2) is 53.9 Å².